The van der Waals surface area contributed by atoms with Crippen molar-refractivity contribution < 1.29 is 21.6 Å². The lowest BCUT2D eigenvalue weighted by molar-refractivity contribution is -0.280. The van der Waals surface area contributed by atoms with Crippen LogP contribution >= 0.6 is 0 Å². The molecule has 1 aliphatic carbocycles. The second kappa shape index (κ2) is 11.9. The third-order valence-corrected chi connectivity index (χ3v) is 10.5. The summed E-state index contributed by atoms with van der Waals surface area (Å²) in [5.41, 5.74) is 8.49. The van der Waals surface area contributed by atoms with E-state index in [1.165, 1.54) is 25.4 Å². The van der Waals surface area contributed by atoms with Gasteiger partial charge in [-0.05, 0) is 68.0 Å². The molecule has 42 heavy (non-hydrogen) atoms. The molecule has 2 N–H and O–H groups in total. The molecular weight excluding hydrogens is 565 g/mol. The average Bonchev–Trinajstić information content (AvgIpc) is 3.52. The van der Waals surface area contributed by atoms with E-state index >= 15 is 0 Å². The van der Waals surface area contributed by atoms with Crippen molar-refractivity contribution in [2.75, 3.05) is 52.6 Å². The molecule has 2 aliphatic heterocycles. The Hall–Kier alpha value is -3.06. The molecule has 228 valence electrons. The predicted octanol–water partition coefficient (Wildman–Crippen LogP) is 4.71. The van der Waals surface area contributed by atoms with Crippen LogP contribution in [0.2, 0.25) is 0 Å². The summed E-state index contributed by atoms with van der Waals surface area (Å²) in [6.45, 7) is 8.25. The Kier molecular flexibility index (Phi) is 8.62. The van der Waals surface area contributed by atoms with Gasteiger partial charge in [-0.2, -0.15) is 0 Å². The van der Waals surface area contributed by atoms with Gasteiger partial charge < -0.3 is 10.6 Å². The standard InChI is InChI=1S/C30H39F3N6O2S/c1-4-22(23-10-12-25(13-11-23)37-16-14-35(2)15-17-37)18-27-28(24-19-36(3)39(20-24)30(31,32)33)21-38(29(27)34)42(40,41)26-8-6-5-7-9-26/h4-9,18,20-21,23,25H,1,10-17,19,34H2,2-3H3/b22-18+. The van der Waals surface area contributed by atoms with Crippen LogP contribution in [-0.2, 0) is 10.0 Å². The van der Waals surface area contributed by atoms with Gasteiger partial charge in [0.2, 0.25) is 0 Å². The number of piperazine rings is 1. The molecule has 1 aromatic heterocycles. The summed E-state index contributed by atoms with van der Waals surface area (Å²) in [6, 6.07) is 8.39. The van der Waals surface area contributed by atoms with Crippen molar-refractivity contribution in [2.45, 2.75) is 42.9 Å². The number of rotatable bonds is 7. The van der Waals surface area contributed by atoms with Gasteiger partial charge in [-0.25, -0.2) is 22.4 Å². The predicted molar refractivity (Wildman–Crippen MR) is 159 cm³/mol. The van der Waals surface area contributed by atoms with Crippen LogP contribution in [0.4, 0.5) is 19.0 Å². The fraction of sp³-hybridized carbons (Fsp3) is 0.467. The first-order chi connectivity index (χ1) is 19.9. The lowest BCUT2D eigenvalue weighted by atomic mass is 9.80. The molecule has 1 saturated carbocycles. The van der Waals surface area contributed by atoms with Crippen LogP contribution in [0.15, 0.2) is 65.9 Å². The van der Waals surface area contributed by atoms with Crippen molar-refractivity contribution in [3.05, 3.63) is 72.1 Å². The maximum atomic E-state index is 13.7. The summed E-state index contributed by atoms with van der Waals surface area (Å²) in [5.74, 6) is 0.146. The number of hydrogen-bond donors (Lipinski definition) is 1. The van der Waals surface area contributed by atoms with Crippen LogP contribution in [0.1, 0.15) is 36.8 Å². The van der Waals surface area contributed by atoms with Gasteiger partial charge in [0.15, 0.2) is 0 Å². The molecule has 2 aromatic rings. The van der Waals surface area contributed by atoms with Gasteiger partial charge in [0.25, 0.3) is 10.0 Å². The highest BCUT2D eigenvalue weighted by Crippen LogP contribution is 2.40. The van der Waals surface area contributed by atoms with Crippen LogP contribution in [0.3, 0.4) is 0 Å². The molecule has 3 heterocycles. The number of hydrogen-bond acceptors (Lipinski definition) is 7. The Morgan fingerprint density at radius 3 is 2.24 bits per heavy atom. The normalized spacial score (nSPS) is 23.8. The molecule has 1 aromatic carbocycles. The summed E-state index contributed by atoms with van der Waals surface area (Å²) in [5, 5.41) is 1.24. The Bertz CT molecular complexity index is 1450. The number of aromatic nitrogens is 1. The number of nitrogen functional groups attached to an aromatic ring is 1. The minimum atomic E-state index is -4.62. The molecule has 0 spiro atoms. The number of nitrogens with zero attached hydrogens (tertiary/aromatic N) is 5. The molecule has 2 fully saturated rings. The minimum absolute atomic E-state index is 0.0365. The van der Waals surface area contributed by atoms with Crippen LogP contribution < -0.4 is 5.73 Å². The van der Waals surface area contributed by atoms with E-state index in [4.69, 9.17) is 5.73 Å². The number of anilines is 1. The number of hydrazine groups is 1. The number of nitrogens with two attached hydrogens (primary N) is 1. The largest absolute Gasteiger partial charge is 0.498 e. The van der Waals surface area contributed by atoms with Gasteiger partial charge in [-0.3, -0.25) is 4.90 Å². The monoisotopic (exact) mass is 604 g/mol. The second-order valence-corrected chi connectivity index (χ2v) is 13.2. The topological polar surface area (TPSA) is 78.0 Å². The van der Waals surface area contributed by atoms with Crippen molar-refractivity contribution in [1.29, 1.82) is 0 Å². The highest BCUT2D eigenvalue weighted by atomic mass is 32.2. The Labute approximate surface area is 246 Å². The molecule has 0 amide bonds. The summed E-state index contributed by atoms with van der Waals surface area (Å²) < 4.78 is 69.2. The van der Waals surface area contributed by atoms with Crippen LogP contribution in [0.5, 0.6) is 0 Å². The summed E-state index contributed by atoms with van der Waals surface area (Å²) >= 11 is 0. The SMILES string of the molecule is C=C/C(=C\c1c(C2=CN(C(F)(F)F)N(C)C2)cn(S(=O)(=O)c2ccccc2)c1N)C1CCC(N2CCN(C)CC2)CC1. The maximum absolute atomic E-state index is 13.7. The van der Waals surface area contributed by atoms with Crippen molar-refractivity contribution in [3.8, 4) is 0 Å². The van der Waals surface area contributed by atoms with E-state index in [-0.39, 0.29) is 28.2 Å². The van der Waals surface area contributed by atoms with E-state index in [0.29, 0.717) is 22.7 Å². The Balaban J connectivity index is 1.50. The lowest BCUT2D eigenvalue weighted by Gasteiger charge is -2.41. The average molecular weight is 605 g/mol. The third kappa shape index (κ3) is 6.03. The first-order valence-corrected chi connectivity index (χ1v) is 15.7. The van der Waals surface area contributed by atoms with E-state index in [2.05, 4.69) is 23.4 Å². The van der Waals surface area contributed by atoms with Gasteiger partial charge in [0.05, 0.1) is 4.90 Å². The van der Waals surface area contributed by atoms with E-state index in [0.717, 1.165) is 72.6 Å². The van der Waals surface area contributed by atoms with Crippen LogP contribution in [0.25, 0.3) is 11.6 Å². The molecule has 0 bridgehead atoms. The van der Waals surface area contributed by atoms with Crippen molar-refractivity contribution >= 4 is 27.5 Å². The zero-order valence-corrected chi connectivity index (χ0v) is 24.9. The summed E-state index contributed by atoms with van der Waals surface area (Å²) in [6.07, 6.45) is 5.29. The van der Waals surface area contributed by atoms with E-state index < -0.39 is 16.3 Å². The number of alkyl halides is 3. The number of benzene rings is 1. The Morgan fingerprint density at radius 2 is 1.67 bits per heavy atom. The zero-order chi connectivity index (χ0) is 30.2. The minimum Gasteiger partial charge on any atom is -0.384 e. The smallest absolute Gasteiger partial charge is 0.384 e. The van der Waals surface area contributed by atoms with E-state index in [1.54, 1.807) is 24.3 Å². The number of halogens is 3. The van der Waals surface area contributed by atoms with Gasteiger partial charge in [-0.15, -0.1) is 13.2 Å². The number of likely N-dealkylation sites (N-methyl/N-ethyl adjacent to an activating group) is 2. The van der Waals surface area contributed by atoms with Gasteiger partial charge in [0.1, 0.15) is 5.82 Å². The zero-order valence-electron chi connectivity index (χ0n) is 24.1. The van der Waals surface area contributed by atoms with Gasteiger partial charge in [0, 0.05) is 69.3 Å². The second-order valence-electron chi connectivity index (χ2n) is 11.4. The fourth-order valence-electron chi connectivity index (χ4n) is 6.33. The van der Waals surface area contributed by atoms with Crippen LogP contribution in [-0.4, -0.2) is 91.4 Å². The number of allylic oxidation sites excluding steroid dienone is 2. The highest BCUT2D eigenvalue weighted by Gasteiger charge is 2.42. The molecule has 0 atom stereocenters. The first-order valence-electron chi connectivity index (χ1n) is 14.3. The quantitative estimate of drug-likeness (QED) is 0.363. The third-order valence-electron chi connectivity index (χ3n) is 8.77. The van der Waals surface area contributed by atoms with Gasteiger partial charge >= 0.3 is 6.30 Å². The highest BCUT2D eigenvalue weighted by molar-refractivity contribution is 7.90. The Morgan fingerprint density at radius 1 is 1.02 bits per heavy atom. The molecule has 8 nitrogen and oxygen atoms in total. The maximum Gasteiger partial charge on any atom is 0.498 e. The molecular formula is C30H39F3N6O2S. The lowest BCUT2D eigenvalue weighted by Crippen LogP contribution is -2.49. The van der Waals surface area contributed by atoms with Crippen molar-refractivity contribution in [3.63, 3.8) is 0 Å². The molecule has 0 unspecified atom stereocenters. The summed E-state index contributed by atoms with van der Waals surface area (Å²) in [7, 11) is -0.615. The summed E-state index contributed by atoms with van der Waals surface area (Å²) in [4.78, 5) is 4.96. The fourth-order valence-corrected chi connectivity index (χ4v) is 7.66. The van der Waals surface area contributed by atoms with Crippen molar-refractivity contribution in [1.82, 2.24) is 23.8 Å². The molecule has 1 saturated heterocycles. The van der Waals surface area contributed by atoms with Crippen LogP contribution in [0, 0.1) is 5.92 Å². The first kappa shape index (κ1) is 30.4. The van der Waals surface area contributed by atoms with Crippen molar-refractivity contribution in [2.24, 2.45) is 5.92 Å². The van der Waals surface area contributed by atoms with E-state index in [9.17, 15) is 21.6 Å². The van der Waals surface area contributed by atoms with E-state index in [1.807, 2.05) is 6.08 Å². The molecule has 0 radical (unpaired) electrons. The molecule has 5 rings (SSSR count). The molecule has 3 aliphatic rings. The van der Waals surface area contributed by atoms with Gasteiger partial charge in [-0.1, -0.05) is 30.9 Å². The molecule has 12 heteroatoms.